The van der Waals surface area contributed by atoms with Gasteiger partial charge >= 0.3 is 5.97 Å². The van der Waals surface area contributed by atoms with Crippen molar-refractivity contribution >= 4 is 35.1 Å². The first-order valence-electron chi connectivity index (χ1n) is 5.37. The average Bonchev–Trinajstić information content (AvgIpc) is 2.91. The molecular formula is C13H10N2O3S. The van der Waals surface area contributed by atoms with E-state index < -0.39 is 5.97 Å². The van der Waals surface area contributed by atoms with Crippen molar-refractivity contribution in [3.63, 3.8) is 0 Å². The number of nitrogens with zero attached hydrogens (tertiary/aromatic N) is 1. The van der Waals surface area contributed by atoms with Crippen LogP contribution < -0.4 is 5.32 Å². The number of carboxylic acid groups (broad SMARTS) is 1. The van der Waals surface area contributed by atoms with E-state index in [0.717, 1.165) is 6.08 Å². The van der Waals surface area contributed by atoms with E-state index in [1.54, 1.807) is 29.6 Å². The maximum atomic E-state index is 11.8. The van der Waals surface area contributed by atoms with Gasteiger partial charge in [0.25, 0.3) is 5.91 Å². The van der Waals surface area contributed by atoms with Crippen molar-refractivity contribution in [3.05, 3.63) is 52.4 Å². The molecule has 0 saturated heterocycles. The third kappa shape index (κ3) is 3.75. The van der Waals surface area contributed by atoms with Gasteiger partial charge < -0.3 is 10.4 Å². The van der Waals surface area contributed by atoms with Gasteiger partial charge in [-0.15, -0.1) is 0 Å². The third-order valence-electron chi connectivity index (χ3n) is 2.19. The van der Waals surface area contributed by atoms with Gasteiger partial charge in [0.15, 0.2) is 0 Å². The third-order valence-corrected chi connectivity index (χ3v) is 2.88. The number of aliphatic carboxylic acids is 1. The zero-order valence-corrected chi connectivity index (χ0v) is 10.6. The smallest absolute Gasteiger partial charge is 0.328 e. The lowest BCUT2D eigenvalue weighted by atomic mass is 10.3. The second kappa shape index (κ2) is 5.92. The summed E-state index contributed by atoms with van der Waals surface area (Å²) >= 11 is 1.44. The fourth-order valence-electron chi connectivity index (χ4n) is 1.35. The number of aromatic nitrogens is 1. The number of carboxylic acids is 1. The van der Waals surface area contributed by atoms with Gasteiger partial charge in [0, 0.05) is 11.5 Å². The van der Waals surface area contributed by atoms with E-state index in [1.807, 2.05) is 5.38 Å². The molecule has 0 aliphatic carbocycles. The molecule has 5 nitrogen and oxygen atoms in total. The molecule has 0 aliphatic heterocycles. The Balaban J connectivity index is 2.11. The van der Waals surface area contributed by atoms with Crippen molar-refractivity contribution in [2.45, 2.75) is 0 Å². The van der Waals surface area contributed by atoms with Gasteiger partial charge in [0.2, 0.25) is 0 Å². The van der Waals surface area contributed by atoms with E-state index in [-0.39, 0.29) is 5.91 Å². The van der Waals surface area contributed by atoms with Crippen molar-refractivity contribution < 1.29 is 14.7 Å². The van der Waals surface area contributed by atoms with E-state index in [2.05, 4.69) is 10.3 Å². The second-order valence-corrected chi connectivity index (χ2v) is 4.37. The van der Waals surface area contributed by atoms with Crippen molar-refractivity contribution in [1.82, 2.24) is 4.98 Å². The van der Waals surface area contributed by atoms with Crippen LogP contribution in [0.15, 0.2) is 41.1 Å². The van der Waals surface area contributed by atoms with Crippen molar-refractivity contribution in [2.24, 2.45) is 0 Å². The van der Waals surface area contributed by atoms with Gasteiger partial charge in [0.1, 0.15) is 5.82 Å². The van der Waals surface area contributed by atoms with Crippen molar-refractivity contribution in [3.8, 4) is 0 Å². The Morgan fingerprint density at radius 2 is 2.16 bits per heavy atom. The highest BCUT2D eigenvalue weighted by Crippen LogP contribution is 2.11. The standard InChI is InChI=1S/C13H10N2O3S/c16-12(17)5-4-10-2-1-3-11(14-10)15-13(18)9-6-7-19-8-9/h1-8H,(H,16,17)(H,14,15,18). The van der Waals surface area contributed by atoms with Gasteiger partial charge in [-0.05, 0) is 29.7 Å². The Morgan fingerprint density at radius 3 is 2.84 bits per heavy atom. The van der Waals surface area contributed by atoms with Gasteiger partial charge in [-0.3, -0.25) is 4.79 Å². The first-order valence-corrected chi connectivity index (χ1v) is 6.31. The highest BCUT2D eigenvalue weighted by molar-refractivity contribution is 7.08. The van der Waals surface area contributed by atoms with Crippen LogP contribution in [0, 0.1) is 0 Å². The molecule has 0 fully saturated rings. The maximum absolute atomic E-state index is 11.8. The number of anilines is 1. The minimum Gasteiger partial charge on any atom is -0.478 e. The molecule has 0 saturated carbocycles. The van der Waals surface area contributed by atoms with Crippen LogP contribution in [0.25, 0.3) is 6.08 Å². The summed E-state index contributed by atoms with van der Waals surface area (Å²) in [7, 11) is 0. The number of pyridine rings is 1. The van der Waals surface area contributed by atoms with Gasteiger partial charge in [0.05, 0.1) is 11.3 Å². The Bertz CT molecular complexity index is 621. The molecular weight excluding hydrogens is 264 g/mol. The SMILES string of the molecule is O=C(O)C=Cc1cccc(NC(=O)c2ccsc2)n1. The van der Waals surface area contributed by atoms with E-state index in [9.17, 15) is 9.59 Å². The molecule has 0 unspecified atom stereocenters. The van der Waals surface area contributed by atoms with Crippen LogP contribution in [0.3, 0.4) is 0 Å². The molecule has 2 aromatic heterocycles. The summed E-state index contributed by atoms with van der Waals surface area (Å²) in [6, 6.07) is 6.70. The summed E-state index contributed by atoms with van der Waals surface area (Å²) in [5.41, 5.74) is 1.03. The summed E-state index contributed by atoms with van der Waals surface area (Å²) in [5, 5.41) is 14.7. The van der Waals surface area contributed by atoms with Crippen LogP contribution >= 0.6 is 11.3 Å². The van der Waals surface area contributed by atoms with Crippen LogP contribution in [0.1, 0.15) is 16.1 Å². The molecule has 96 valence electrons. The summed E-state index contributed by atoms with van der Waals surface area (Å²) in [4.78, 5) is 26.3. The highest BCUT2D eigenvalue weighted by Gasteiger charge is 2.06. The Morgan fingerprint density at radius 1 is 1.32 bits per heavy atom. The number of hydrogen-bond acceptors (Lipinski definition) is 4. The summed E-state index contributed by atoms with van der Waals surface area (Å²) in [6.07, 6.45) is 2.36. The molecule has 0 spiro atoms. The number of rotatable bonds is 4. The van der Waals surface area contributed by atoms with Crippen molar-refractivity contribution in [1.29, 1.82) is 0 Å². The Labute approximate surface area is 113 Å². The molecule has 0 radical (unpaired) electrons. The minimum atomic E-state index is -1.05. The predicted molar refractivity (Wildman–Crippen MR) is 73.2 cm³/mol. The second-order valence-electron chi connectivity index (χ2n) is 3.59. The first-order chi connectivity index (χ1) is 9.15. The zero-order chi connectivity index (χ0) is 13.7. The van der Waals surface area contributed by atoms with Gasteiger partial charge in [-0.2, -0.15) is 11.3 Å². The fourth-order valence-corrected chi connectivity index (χ4v) is 1.99. The lowest BCUT2D eigenvalue weighted by Gasteiger charge is -2.03. The van der Waals surface area contributed by atoms with E-state index in [0.29, 0.717) is 17.1 Å². The number of carbonyl (C=O) groups excluding carboxylic acids is 1. The molecule has 19 heavy (non-hydrogen) atoms. The number of hydrogen-bond donors (Lipinski definition) is 2. The zero-order valence-electron chi connectivity index (χ0n) is 9.74. The summed E-state index contributed by atoms with van der Waals surface area (Å²) in [5.74, 6) is -0.911. The number of amides is 1. The highest BCUT2D eigenvalue weighted by atomic mass is 32.1. The number of nitrogens with one attached hydrogen (secondary N) is 1. The lowest BCUT2D eigenvalue weighted by molar-refractivity contribution is -0.131. The molecule has 2 aromatic rings. The fraction of sp³-hybridized carbons (Fsp3) is 0. The van der Waals surface area contributed by atoms with E-state index in [1.165, 1.54) is 17.4 Å². The number of thiophene rings is 1. The topological polar surface area (TPSA) is 79.3 Å². The molecule has 2 heterocycles. The van der Waals surface area contributed by atoms with Crippen LogP contribution in [-0.4, -0.2) is 22.0 Å². The quantitative estimate of drug-likeness (QED) is 0.839. The normalized spacial score (nSPS) is 10.5. The Hall–Kier alpha value is -2.47. The lowest BCUT2D eigenvalue weighted by Crippen LogP contribution is -2.12. The van der Waals surface area contributed by atoms with Crippen LogP contribution in [0.4, 0.5) is 5.82 Å². The minimum absolute atomic E-state index is 0.242. The predicted octanol–water partition coefficient (Wildman–Crippen LogP) is 2.49. The van der Waals surface area contributed by atoms with E-state index >= 15 is 0 Å². The van der Waals surface area contributed by atoms with Crippen molar-refractivity contribution in [2.75, 3.05) is 5.32 Å². The molecule has 6 heteroatoms. The number of carbonyl (C=O) groups is 2. The van der Waals surface area contributed by atoms with Crippen LogP contribution in [-0.2, 0) is 4.79 Å². The van der Waals surface area contributed by atoms with E-state index in [4.69, 9.17) is 5.11 Å². The first kappa shape index (κ1) is 13.0. The van der Waals surface area contributed by atoms with Crippen LogP contribution in [0.5, 0.6) is 0 Å². The molecule has 2 N–H and O–H groups in total. The van der Waals surface area contributed by atoms with Gasteiger partial charge in [-0.25, -0.2) is 9.78 Å². The molecule has 0 aliphatic rings. The van der Waals surface area contributed by atoms with Gasteiger partial charge in [-0.1, -0.05) is 6.07 Å². The van der Waals surface area contributed by atoms with Crippen LogP contribution in [0.2, 0.25) is 0 Å². The molecule has 0 bridgehead atoms. The Kier molecular flexibility index (Phi) is 4.04. The average molecular weight is 274 g/mol. The molecule has 2 rings (SSSR count). The molecule has 0 aromatic carbocycles. The molecule has 0 atom stereocenters. The summed E-state index contributed by atoms with van der Waals surface area (Å²) in [6.45, 7) is 0. The maximum Gasteiger partial charge on any atom is 0.328 e. The largest absolute Gasteiger partial charge is 0.478 e. The summed E-state index contributed by atoms with van der Waals surface area (Å²) < 4.78 is 0. The molecule has 1 amide bonds. The monoisotopic (exact) mass is 274 g/mol.